The average Bonchev–Trinajstić information content (AvgIpc) is 2.76. The molecule has 0 spiro atoms. The fourth-order valence-corrected chi connectivity index (χ4v) is 2.36. The van der Waals surface area contributed by atoms with Crippen molar-refractivity contribution in [3.8, 4) is 0 Å². The fraction of sp³-hybridized carbons (Fsp3) is 0.100. The molecule has 1 aliphatic heterocycles. The molecule has 8 heteroatoms. The third-order valence-electron chi connectivity index (χ3n) is 2.40. The van der Waals surface area contributed by atoms with Crippen molar-refractivity contribution in [3.05, 3.63) is 30.3 Å². The minimum Gasteiger partial charge on any atom is -0.269 e. The largest absolute Gasteiger partial charge is 0.269 e. The van der Waals surface area contributed by atoms with Gasteiger partial charge in [0, 0.05) is 12.4 Å². The Morgan fingerprint density at radius 2 is 2.22 bits per heavy atom. The number of hydrogen-bond donors (Lipinski definition) is 2. The van der Waals surface area contributed by atoms with Gasteiger partial charge in [-0.3, -0.25) is 5.01 Å². The van der Waals surface area contributed by atoms with Gasteiger partial charge in [0.1, 0.15) is 17.2 Å². The lowest BCUT2D eigenvalue weighted by atomic mass is 10.2. The predicted molar refractivity (Wildman–Crippen MR) is 66.8 cm³/mol. The summed E-state index contributed by atoms with van der Waals surface area (Å²) >= 11 is 1.33. The van der Waals surface area contributed by atoms with E-state index in [9.17, 15) is 4.39 Å². The van der Waals surface area contributed by atoms with Crippen molar-refractivity contribution >= 4 is 27.8 Å². The third kappa shape index (κ3) is 1.95. The number of hydrazone groups is 1. The monoisotopic (exact) mass is 264 g/mol. The Balaban J connectivity index is 2.03. The summed E-state index contributed by atoms with van der Waals surface area (Å²) in [4.78, 5) is 8.27. The van der Waals surface area contributed by atoms with Crippen molar-refractivity contribution in [2.24, 2.45) is 5.10 Å². The summed E-state index contributed by atoms with van der Waals surface area (Å²) in [7, 11) is 1.82. The number of nitrogens with one attached hydrogen (secondary N) is 2. The van der Waals surface area contributed by atoms with Crippen LogP contribution in [0.4, 0.5) is 4.39 Å². The molecule has 18 heavy (non-hydrogen) atoms. The van der Waals surface area contributed by atoms with E-state index < -0.39 is 0 Å². The molecule has 0 radical (unpaired) electrons. The Kier molecular flexibility index (Phi) is 2.73. The van der Waals surface area contributed by atoms with Crippen LogP contribution in [-0.2, 0) is 0 Å². The highest BCUT2D eigenvalue weighted by Gasteiger charge is 2.16. The molecule has 3 rings (SSSR count). The fourth-order valence-electron chi connectivity index (χ4n) is 1.53. The van der Waals surface area contributed by atoms with E-state index in [4.69, 9.17) is 0 Å². The summed E-state index contributed by atoms with van der Waals surface area (Å²) in [5, 5.41) is 7.77. The van der Waals surface area contributed by atoms with Crippen molar-refractivity contribution in [3.63, 3.8) is 0 Å². The molecule has 1 aromatic heterocycles. The van der Waals surface area contributed by atoms with Crippen LogP contribution in [0.3, 0.4) is 0 Å². The lowest BCUT2D eigenvalue weighted by Gasteiger charge is -2.11. The van der Waals surface area contributed by atoms with Crippen molar-refractivity contribution in [2.75, 3.05) is 7.05 Å². The molecule has 1 aliphatic rings. The molecule has 6 nitrogen and oxygen atoms in total. The van der Waals surface area contributed by atoms with Crippen molar-refractivity contribution < 1.29 is 4.39 Å². The summed E-state index contributed by atoms with van der Waals surface area (Å²) < 4.78 is 13.3. The quantitative estimate of drug-likeness (QED) is 0.752. The average molecular weight is 264 g/mol. The lowest BCUT2D eigenvalue weighted by Crippen LogP contribution is -2.36. The zero-order valence-corrected chi connectivity index (χ0v) is 10.2. The van der Waals surface area contributed by atoms with Crippen LogP contribution in [0.2, 0.25) is 0 Å². The van der Waals surface area contributed by atoms with Crippen LogP contribution in [0.1, 0.15) is 0 Å². The molecular formula is C10H9FN6S. The predicted octanol–water partition coefficient (Wildman–Crippen LogP) is 1.09. The van der Waals surface area contributed by atoms with Gasteiger partial charge in [-0.05, 0) is 30.0 Å². The number of fused-ring (bicyclic) bond motifs is 1. The highest BCUT2D eigenvalue weighted by atomic mass is 32.2. The van der Waals surface area contributed by atoms with E-state index in [0.29, 0.717) is 21.1 Å². The lowest BCUT2D eigenvalue weighted by molar-refractivity contribution is 0.352. The molecule has 2 N–H and O–H groups in total. The molecule has 2 aromatic rings. The summed E-state index contributed by atoms with van der Waals surface area (Å²) in [5.74, 6) is -0.308. The molecular weight excluding hydrogens is 255 g/mol. The van der Waals surface area contributed by atoms with Gasteiger partial charge in [-0.25, -0.2) is 19.9 Å². The summed E-state index contributed by atoms with van der Waals surface area (Å²) in [5.41, 5.74) is 6.12. The highest BCUT2D eigenvalue weighted by Crippen LogP contribution is 2.26. The normalized spacial score (nSPS) is 14.8. The molecule has 0 atom stereocenters. The topological polar surface area (TPSA) is 65.4 Å². The van der Waals surface area contributed by atoms with Gasteiger partial charge < -0.3 is 0 Å². The Morgan fingerprint density at radius 1 is 1.33 bits per heavy atom. The highest BCUT2D eigenvalue weighted by molar-refractivity contribution is 8.13. The second kappa shape index (κ2) is 4.39. The van der Waals surface area contributed by atoms with Gasteiger partial charge in [-0.2, -0.15) is 0 Å². The molecule has 92 valence electrons. The zero-order chi connectivity index (χ0) is 12.5. The molecule has 1 aromatic carbocycles. The van der Waals surface area contributed by atoms with Crippen LogP contribution in [0.15, 0.2) is 34.7 Å². The molecule has 0 saturated carbocycles. The first-order chi connectivity index (χ1) is 8.74. The van der Waals surface area contributed by atoms with Gasteiger partial charge in [-0.15, -0.1) is 10.6 Å². The number of rotatable bonds is 1. The van der Waals surface area contributed by atoms with E-state index in [1.807, 2.05) is 7.05 Å². The Hall–Kier alpha value is -1.93. The number of benzene rings is 1. The number of halogens is 1. The SMILES string of the molecule is CN1NNN=C1Sc1ncnc2ccc(F)cc12. The first kappa shape index (κ1) is 11.2. The van der Waals surface area contributed by atoms with Crippen molar-refractivity contribution in [1.82, 2.24) is 26.0 Å². The smallest absolute Gasteiger partial charge is 0.206 e. The maximum Gasteiger partial charge on any atom is 0.206 e. The first-order valence-corrected chi connectivity index (χ1v) is 5.96. The maximum atomic E-state index is 13.3. The van der Waals surface area contributed by atoms with Gasteiger partial charge in [0.25, 0.3) is 0 Å². The van der Waals surface area contributed by atoms with Gasteiger partial charge in [-0.1, -0.05) is 0 Å². The minimum absolute atomic E-state index is 0.308. The Labute approximate surface area is 106 Å². The molecule has 2 heterocycles. The van der Waals surface area contributed by atoms with Gasteiger partial charge in [0.05, 0.1) is 5.52 Å². The van der Waals surface area contributed by atoms with Crippen molar-refractivity contribution in [2.45, 2.75) is 5.03 Å². The number of nitrogens with zero attached hydrogens (tertiary/aromatic N) is 4. The van der Waals surface area contributed by atoms with E-state index in [2.05, 4.69) is 26.1 Å². The second-order valence-corrected chi connectivity index (χ2v) is 4.58. The van der Waals surface area contributed by atoms with E-state index in [0.717, 1.165) is 0 Å². The third-order valence-corrected chi connectivity index (χ3v) is 3.47. The van der Waals surface area contributed by atoms with Crippen LogP contribution >= 0.6 is 11.8 Å². The van der Waals surface area contributed by atoms with Crippen LogP contribution in [0.25, 0.3) is 10.9 Å². The van der Waals surface area contributed by atoms with E-state index in [1.165, 1.54) is 30.2 Å². The second-order valence-electron chi connectivity index (χ2n) is 3.62. The summed E-state index contributed by atoms with van der Waals surface area (Å²) in [6.07, 6.45) is 1.46. The standard InChI is InChI=1S/C10H9FN6S/c1-17-10(14-15-16-17)18-9-7-4-6(11)2-3-8(7)12-5-13-9/h2-5,15-16H,1H3. The van der Waals surface area contributed by atoms with Crippen LogP contribution in [-0.4, -0.2) is 27.2 Å². The number of thioether (sulfide) groups is 1. The van der Waals surface area contributed by atoms with Crippen LogP contribution in [0, 0.1) is 5.82 Å². The van der Waals surface area contributed by atoms with Crippen LogP contribution < -0.4 is 11.1 Å². The molecule has 0 saturated heterocycles. The summed E-state index contributed by atoms with van der Waals surface area (Å²) in [6.45, 7) is 0. The van der Waals surface area contributed by atoms with Gasteiger partial charge >= 0.3 is 0 Å². The number of hydrazine groups is 2. The molecule has 0 aliphatic carbocycles. The number of aromatic nitrogens is 2. The van der Waals surface area contributed by atoms with E-state index in [-0.39, 0.29) is 5.82 Å². The summed E-state index contributed by atoms with van der Waals surface area (Å²) in [6, 6.07) is 4.44. The van der Waals surface area contributed by atoms with Gasteiger partial charge in [0.2, 0.25) is 5.17 Å². The van der Waals surface area contributed by atoms with Crippen molar-refractivity contribution in [1.29, 1.82) is 0 Å². The van der Waals surface area contributed by atoms with Crippen LogP contribution in [0.5, 0.6) is 0 Å². The first-order valence-electron chi connectivity index (χ1n) is 5.14. The van der Waals surface area contributed by atoms with Gasteiger partial charge in [0.15, 0.2) is 0 Å². The molecule has 0 unspecified atom stereocenters. The number of amidine groups is 1. The molecule has 0 fully saturated rings. The minimum atomic E-state index is -0.308. The zero-order valence-electron chi connectivity index (χ0n) is 9.38. The van der Waals surface area contributed by atoms with E-state index in [1.54, 1.807) is 11.1 Å². The Bertz CT molecular complexity index is 631. The number of hydrogen-bond acceptors (Lipinski definition) is 7. The molecule has 0 bridgehead atoms. The molecule has 0 amide bonds. The Morgan fingerprint density at radius 3 is 3.00 bits per heavy atom. The maximum absolute atomic E-state index is 13.3. The van der Waals surface area contributed by atoms with E-state index >= 15 is 0 Å².